The molecule has 53 heavy (non-hydrogen) atoms. The van der Waals surface area contributed by atoms with Crippen molar-refractivity contribution in [1.29, 1.82) is 0 Å². The van der Waals surface area contributed by atoms with Crippen molar-refractivity contribution in [3.05, 3.63) is 215 Å². The van der Waals surface area contributed by atoms with Crippen molar-refractivity contribution in [3.8, 4) is 22.5 Å². The van der Waals surface area contributed by atoms with E-state index in [1.807, 2.05) is 0 Å². The van der Waals surface area contributed by atoms with E-state index in [1.54, 1.807) is 0 Å². The molecule has 0 radical (unpaired) electrons. The molecule has 2 nitrogen and oxygen atoms in total. The highest BCUT2D eigenvalue weighted by Gasteiger charge is 2.45. The summed E-state index contributed by atoms with van der Waals surface area (Å²) in [6.45, 7) is 4.35. The van der Waals surface area contributed by atoms with Gasteiger partial charge in [-0.1, -0.05) is 151 Å². The van der Waals surface area contributed by atoms with Crippen LogP contribution >= 0.6 is 0 Å². The second-order valence-electron chi connectivity index (χ2n) is 14.7. The van der Waals surface area contributed by atoms with Crippen molar-refractivity contribution in [3.63, 3.8) is 0 Å². The lowest BCUT2D eigenvalue weighted by atomic mass is 9.62. The fourth-order valence-electron chi connectivity index (χ4n) is 9.33. The van der Waals surface area contributed by atoms with Crippen molar-refractivity contribution < 1.29 is 0 Å². The Hall–Kier alpha value is -6.64. The van der Waals surface area contributed by atoms with Gasteiger partial charge in [0, 0.05) is 27.2 Å². The van der Waals surface area contributed by atoms with Crippen molar-refractivity contribution >= 4 is 43.6 Å². The summed E-state index contributed by atoms with van der Waals surface area (Å²) in [4.78, 5) is 0. The minimum atomic E-state index is -0.542. The third kappa shape index (κ3) is 4.15. The molecule has 0 aliphatic carbocycles. The van der Waals surface area contributed by atoms with Crippen molar-refractivity contribution in [1.82, 2.24) is 9.13 Å². The third-order valence-corrected chi connectivity index (χ3v) is 11.7. The van der Waals surface area contributed by atoms with Gasteiger partial charge in [0.05, 0.1) is 33.2 Å². The van der Waals surface area contributed by atoms with Gasteiger partial charge in [0.15, 0.2) is 0 Å². The van der Waals surface area contributed by atoms with Crippen LogP contribution in [0.5, 0.6) is 0 Å². The maximum Gasteiger partial charge on any atom is 0.0742 e. The van der Waals surface area contributed by atoms with Crippen molar-refractivity contribution in [2.45, 2.75) is 19.3 Å². The number of rotatable bonds is 4. The van der Waals surface area contributed by atoms with Gasteiger partial charge in [0.2, 0.25) is 0 Å². The van der Waals surface area contributed by atoms with Gasteiger partial charge in [-0.25, -0.2) is 0 Å². The SMILES string of the molecule is Cc1ccc(C2(c3ccc(C)cc3)c3cc(-c4ccc(-n5c6ccccc6c6ccccc65)cc4)ccc3-n3c4ccccc4c4cccc2c43)cc1. The Balaban J connectivity index is 1.19. The van der Waals surface area contributed by atoms with E-state index in [0.717, 1.165) is 5.69 Å². The summed E-state index contributed by atoms with van der Waals surface area (Å²) in [5, 5.41) is 5.12. The molecule has 1 aliphatic heterocycles. The molecule has 11 rings (SSSR count). The van der Waals surface area contributed by atoms with Gasteiger partial charge < -0.3 is 9.13 Å². The summed E-state index contributed by atoms with van der Waals surface area (Å²) in [5.41, 5.74) is 16.9. The zero-order valence-corrected chi connectivity index (χ0v) is 29.7. The van der Waals surface area contributed by atoms with Crippen LogP contribution in [0.1, 0.15) is 33.4 Å². The Labute approximate surface area is 308 Å². The van der Waals surface area contributed by atoms with Gasteiger partial charge in [0.1, 0.15) is 0 Å². The second-order valence-corrected chi connectivity index (χ2v) is 14.7. The zero-order valence-electron chi connectivity index (χ0n) is 29.7. The Kier molecular flexibility index (Phi) is 6.33. The number of aryl methyl sites for hydroxylation is 2. The van der Waals surface area contributed by atoms with Gasteiger partial charge in [-0.15, -0.1) is 0 Å². The monoisotopic (exact) mass is 676 g/mol. The second kappa shape index (κ2) is 11.2. The first-order valence-corrected chi connectivity index (χ1v) is 18.5. The predicted octanol–water partition coefficient (Wildman–Crippen LogP) is 12.9. The molecule has 2 aromatic heterocycles. The highest BCUT2D eigenvalue weighted by atomic mass is 15.0. The number of hydrogen-bond donors (Lipinski definition) is 0. The molecule has 0 unspecified atom stereocenters. The van der Waals surface area contributed by atoms with Crippen LogP contribution in [-0.2, 0) is 5.41 Å². The van der Waals surface area contributed by atoms with Crippen LogP contribution in [0.4, 0.5) is 0 Å². The molecule has 1 aliphatic rings. The summed E-state index contributed by atoms with van der Waals surface area (Å²) in [7, 11) is 0. The first kappa shape index (κ1) is 30.0. The summed E-state index contributed by atoms with van der Waals surface area (Å²) < 4.78 is 4.91. The van der Waals surface area contributed by atoms with E-state index in [9.17, 15) is 0 Å². The number of para-hydroxylation sites is 4. The topological polar surface area (TPSA) is 9.86 Å². The molecule has 0 saturated heterocycles. The molecule has 0 saturated carbocycles. The lowest BCUT2D eigenvalue weighted by Crippen LogP contribution is -2.35. The fraction of sp³-hybridized carbons (Fsp3) is 0.0588. The largest absolute Gasteiger partial charge is 0.309 e. The van der Waals surface area contributed by atoms with E-state index >= 15 is 0 Å². The minimum absolute atomic E-state index is 0.542. The molecule has 0 amide bonds. The third-order valence-electron chi connectivity index (χ3n) is 11.7. The van der Waals surface area contributed by atoms with Gasteiger partial charge in [-0.2, -0.15) is 0 Å². The summed E-state index contributed by atoms with van der Waals surface area (Å²) >= 11 is 0. The van der Waals surface area contributed by atoms with Gasteiger partial charge >= 0.3 is 0 Å². The quantitative estimate of drug-likeness (QED) is 0.176. The van der Waals surface area contributed by atoms with Crippen LogP contribution in [0.15, 0.2) is 182 Å². The Morgan fingerprint density at radius 2 is 0.868 bits per heavy atom. The smallest absolute Gasteiger partial charge is 0.0742 e. The van der Waals surface area contributed by atoms with Crippen LogP contribution in [0.25, 0.3) is 66.1 Å². The molecule has 8 aromatic carbocycles. The van der Waals surface area contributed by atoms with Crippen LogP contribution in [0.2, 0.25) is 0 Å². The van der Waals surface area contributed by atoms with E-state index in [0.29, 0.717) is 0 Å². The zero-order chi connectivity index (χ0) is 35.3. The first-order chi connectivity index (χ1) is 26.1. The summed E-state index contributed by atoms with van der Waals surface area (Å²) in [6.07, 6.45) is 0. The average molecular weight is 677 g/mol. The molecule has 0 fully saturated rings. The van der Waals surface area contributed by atoms with Crippen LogP contribution in [0, 0.1) is 13.8 Å². The molecular weight excluding hydrogens is 641 g/mol. The van der Waals surface area contributed by atoms with Gasteiger partial charge in [-0.05, 0) is 89.7 Å². The highest BCUT2D eigenvalue weighted by molar-refractivity contribution is 6.12. The summed E-state index contributed by atoms with van der Waals surface area (Å²) in [5.74, 6) is 0. The number of hydrogen-bond acceptors (Lipinski definition) is 0. The van der Waals surface area contributed by atoms with Gasteiger partial charge in [-0.3, -0.25) is 0 Å². The van der Waals surface area contributed by atoms with Gasteiger partial charge in [0.25, 0.3) is 0 Å². The molecule has 3 heterocycles. The molecule has 0 bridgehead atoms. The van der Waals surface area contributed by atoms with E-state index in [2.05, 4.69) is 205 Å². The fourth-order valence-corrected chi connectivity index (χ4v) is 9.33. The lowest BCUT2D eigenvalue weighted by molar-refractivity contribution is 0.727. The van der Waals surface area contributed by atoms with E-state index in [4.69, 9.17) is 0 Å². The summed E-state index contributed by atoms with van der Waals surface area (Å²) in [6, 6.07) is 68.0. The molecule has 250 valence electrons. The maximum absolute atomic E-state index is 2.52. The minimum Gasteiger partial charge on any atom is -0.309 e. The van der Waals surface area contributed by atoms with Crippen LogP contribution in [0.3, 0.4) is 0 Å². The normalized spacial score (nSPS) is 13.2. The van der Waals surface area contributed by atoms with Crippen molar-refractivity contribution in [2.75, 3.05) is 0 Å². The predicted molar refractivity (Wildman–Crippen MR) is 222 cm³/mol. The van der Waals surface area contributed by atoms with E-state index in [1.165, 1.54) is 93.8 Å². The lowest BCUT2D eigenvalue weighted by Gasteiger charge is -2.42. The van der Waals surface area contributed by atoms with Crippen LogP contribution in [-0.4, -0.2) is 9.13 Å². The average Bonchev–Trinajstić information content (AvgIpc) is 3.73. The molecule has 0 spiro atoms. The molecule has 0 atom stereocenters. The Bertz CT molecular complexity index is 2950. The number of fused-ring (bicyclic) bond motifs is 8. The van der Waals surface area contributed by atoms with E-state index in [-0.39, 0.29) is 0 Å². The Morgan fingerprint density at radius 1 is 0.377 bits per heavy atom. The van der Waals surface area contributed by atoms with E-state index < -0.39 is 5.41 Å². The first-order valence-electron chi connectivity index (χ1n) is 18.5. The molecule has 0 N–H and O–H groups in total. The molecular formula is C51H36N2. The Morgan fingerprint density at radius 3 is 1.45 bits per heavy atom. The number of nitrogens with zero attached hydrogens (tertiary/aromatic N) is 2. The van der Waals surface area contributed by atoms with Crippen LogP contribution < -0.4 is 0 Å². The molecule has 10 aromatic rings. The molecule has 2 heteroatoms. The van der Waals surface area contributed by atoms with Crippen molar-refractivity contribution in [2.24, 2.45) is 0 Å². The standard InChI is InChI=1S/C51H36N2/c1-33-18-25-37(26-19-33)51(38-27-20-34(2)21-28-38)44-14-9-13-43-42-12-5-8-17-48(42)53(50(43)44)49-31-24-36(32-45(49)51)35-22-29-39(30-23-35)52-46-15-6-3-10-40(46)41-11-4-7-16-47(41)52/h3-32H,1-2H3. The highest BCUT2D eigenvalue weighted by Crippen LogP contribution is 2.55. The number of aromatic nitrogens is 2. The number of benzene rings is 8. The maximum atomic E-state index is 2.52.